The molecule has 25 heavy (non-hydrogen) atoms. The zero-order valence-corrected chi connectivity index (χ0v) is 14.6. The maximum absolute atomic E-state index is 13.3. The number of pyridine rings is 2. The molecule has 0 spiro atoms. The van der Waals surface area contributed by atoms with Gasteiger partial charge in [-0.2, -0.15) is 0 Å². The number of fused-ring (bicyclic) bond motifs is 1. The highest BCUT2D eigenvalue weighted by atomic mass is 16.5. The topological polar surface area (TPSA) is 55.3 Å². The molecule has 1 fully saturated rings. The molecule has 0 radical (unpaired) electrons. The minimum Gasteiger partial charge on any atom is -0.480 e. The monoisotopic (exact) mass is 337 g/mol. The molecule has 2 aromatic heterocycles. The SMILES string of the molecule is COc1nc2c(cc1C(=O)N1CCCC[C@@H]1c1ccccn1)CCC2. The van der Waals surface area contributed by atoms with Gasteiger partial charge in [0.2, 0.25) is 5.88 Å². The van der Waals surface area contributed by atoms with Gasteiger partial charge in [-0.3, -0.25) is 9.78 Å². The lowest BCUT2D eigenvalue weighted by atomic mass is 9.97. The summed E-state index contributed by atoms with van der Waals surface area (Å²) < 4.78 is 5.45. The molecular formula is C20H23N3O2. The van der Waals surface area contributed by atoms with Crippen LogP contribution in [0.3, 0.4) is 0 Å². The Morgan fingerprint density at radius 1 is 1.24 bits per heavy atom. The number of carbonyl (C=O) groups excluding carboxylic acids is 1. The lowest BCUT2D eigenvalue weighted by Crippen LogP contribution is -2.39. The molecule has 5 nitrogen and oxygen atoms in total. The van der Waals surface area contributed by atoms with E-state index in [1.54, 1.807) is 13.3 Å². The molecule has 1 aliphatic carbocycles. The molecule has 1 atom stereocenters. The van der Waals surface area contributed by atoms with E-state index in [0.29, 0.717) is 11.4 Å². The predicted octanol–water partition coefficient (Wildman–Crippen LogP) is 3.34. The average Bonchev–Trinajstić information content (AvgIpc) is 3.14. The van der Waals surface area contributed by atoms with E-state index in [1.807, 2.05) is 29.2 Å². The van der Waals surface area contributed by atoms with Crippen molar-refractivity contribution in [3.05, 3.63) is 53.0 Å². The molecule has 130 valence electrons. The standard InChI is InChI=1S/C20H23N3O2/c1-25-19-15(13-14-7-6-9-16(14)22-19)20(24)23-12-5-3-10-18(23)17-8-2-4-11-21-17/h2,4,8,11,13,18H,3,5-7,9-10,12H2,1H3/t18-/m1/s1. The molecule has 0 saturated carbocycles. The summed E-state index contributed by atoms with van der Waals surface area (Å²) in [6.07, 6.45) is 7.95. The maximum Gasteiger partial charge on any atom is 0.259 e. The van der Waals surface area contributed by atoms with Gasteiger partial charge in [0.1, 0.15) is 5.56 Å². The summed E-state index contributed by atoms with van der Waals surface area (Å²) >= 11 is 0. The van der Waals surface area contributed by atoms with Gasteiger partial charge in [0.15, 0.2) is 0 Å². The number of amides is 1. The molecule has 0 bridgehead atoms. The van der Waals surface area contributed by atoms with Gasteiger partial charge in [0.25, 0.3) is 5.91 Å². The first-order valence-corrected chi connectivity index (χ1v) is 9.06. The zero-order valence-electron chi connectivity index (χ0n) is 14.6. The molecule has 0 N–H and O–H groups in total. The lowest BCUT2D eigenvalue weighted by Gasteiger charge is -2.35. The fourth-order valence-electron chi connectivity index (χ4n) is 3.97. The van der Waals surface area contributed by atoms with Crippen molar-refractivity contribution >= 4 is 5.91 Å². The van der Waals surface area contributed by atoms with Gasteiger partial charge in [0, 0.05) is 18.4 Å². The number of methoxy groups -OCH3 is 1. The first-order valence-electron chi connectivity index (χ1n) is 9.06. The number of aryl methyl sites for hydroxylation is 2. The van der Waals surface area contributed by atoms with Gasteiger partial charge in [0.05, 0.1) is 18.8 Å². The van der Waals surface area contributed by atoms with Crippen LogP contribution in [0.15, 0.2) is 30.5 Å². The number of hydrogen-bond acceptors (Lipinski definition) is 4. The summed E-state index contributed by atoms with van der Waals surface area (Å²) in [4.78, 5) is 24.4. The summed E-state index contributed by atoms with van der Waals surface area (Å²) in [5.41, 5.74) is 3.82. The Labute approximate surface area is 148 Å². The Morgan fingerprint density at radius 2 is 2.16 bits per heavy atom. The van der Waals surface area contributed by atoms with Gasteiger partial charge in [-0.05, 0) is 62.3 Å². The predicted molar refractivity (Wildman–Crippen MR) is 94.7 cm³/mol. The number of rotatable bonds is 3. The smallest absolute Gasteiger partial charge is 0.259 e. The van der Waals surface area contributed by atoms with Gasteiger partial charge in [-0.1, -0.05) is 6.07 Å². The van der Waals surface area contributed by atoms with E-state index in [-0.39, 0.29) is 11.9 Å². The summed E-state index contributed by atoms with van der Waals surface area (Å²) in [5, 5.41) is 0. The van der Waals surface area contributed by atoms with Crippen LogP contribution in [-0.2, 0) is 12.8 Å². The second kappa shape index (κ2) is 6.82. The van der Waals surface area contributed by atoms with Gasteiger partial charge in [-0.25, -0.2) is 4.98 Å². The van der Waals surface area contributed by atoms with Crippen LogP contribution in [-0.4, -0.2) is 34.4 Å². The van der Waals surface area contributed by atoms with Crippen LogP contribution in [0.25, 0.3) is 0 Å². The van der Waals surface area contributed by atoms with Crippen molar-refractivity contribution in [2.24, 2.45) is 0 Å². The number of aromatic nitrogens is 2. The summed E-state index contributed by atoms with van der Waals surface area (Å²) in [6, 6.07) is 7.93. The van der Waals surface area contributed by atoms with E-state index in [4.69, 9.17) is 4.74 Å². The largest absolute Gasteiger partial charge is 0.480 e. The molecule has 0 unspecified atom stereocenters. The number of piperidine rings is 1. The number of nitrogens with zero attached hydrogens (tertiary/aromatic N) is 3. The minimum absolute atomic E-state index is 0.00871. The molecule has 2 aromatic rings. The fraction of sp³-hybridized carbons (Fsp3) is 0.450. The highest BCUT2D eigenvalue weighted by Gasteiger charge is 2.32. The lowest BCUT2D eigenvalue weighted by molar-refractivity contribution is 0.0601. The van der Waals surface area contributed by atoms with Crippen molar-refractivity contribution in [2.75, 3.05) is 13.7 Å². The number of hydrogen-bond donors (Lipinski definition) is 0. The first-order chi connectivity index (χ1) is 12.3. The van der Waals surface area contributed by atoms with E-state index in [2.05, 4.69) is 9.97 Å². The summed E-state index contributed by atoms with van der Waals surface area (Å²) in [7, 11) is 1.59. The molecule has 3 heterocycles. The molecule has 0 aromatic carbocycles. The number of carbonyl (C=O) groups is 1. The number of likely N-dealkylation sites (tertiary alicyclic amines) is 1. The Kier molecular flexibility index (Phi) is 4.38. The molecular weight excluding hydrogens is 314 g/mol. The van der Waals surface area contributed by atoms with Crippen LogP contribution < -0.4 is 4.74 Å². The van der Waals surface area contributed by atoms with Gasteiger partial charge < -0.3 is 9.64 Å². The first kappa shape index (κ1) is 16.1. The van der Waals surface area contributed by atoms with Crippen molar-refractivity contribution in [3.8, 4) is 5.88 Å². The number of ether oxygens (including phenoxy) is 1. The van der Waals surface area contributed by atoms with Crippen LogP contribution in [0.5, 0.6) is 5.88 Å². The molecule has 1 aliphatic heterocycles. The highest BCUT2D eigenvalue weighted by molar-refractivity contribution is 5.97. The highest BCUT2D eigenvalue weighted by Crippen LogP contribution is 2.34. The minimum atomic E-state index is 0.00871. The van der Waals surface area contributed by atoms with Gasteiger partial charge >= 0.3 is 0 Å². The molecule has 2 aliphatic rings. The third kappa shape index (κ3) is 2.99. The normalized spacial score (nSPS) is 19.6. The Balaban J connectivity index is 1.69. The van der Waals surface area contributed by atoms with E-state index in [0.717, 1.165) is 56.5 Å². The second-order valence-corrected chi connectivity index (χ2v) is 6.77. The van der Waals surface area contributed by atoms with Crippen LogP contribution in [0.2, 0.25) is 0 Å². The zero-order chi connectivity index (χ0) is 17.2. The van der Waals surface area contributed by atoms with Crippen molar-refractivity contribution in [1.82, 2.24) is 14.9 Å². The second-order valence-electron chi connectivity index (χ2n) is 6.77. The van der Waals surface area contributed by atoms with Gasteiger partial charge in [-0.15, -0.1) is 0 Å². The fourth-order valence-corrected chi connectivity index (χ4v) is 3.97. The van der Waals surface area contributed by atoms with Crippen molar-refractivity contribution in [1.29, 1.82) is 0 Å². The van der Waals surface area contributed by atoms with E-state index < -0.39 is 0 Å². The van der Waals surface area contributed by atoms with Crippen molar-refractivity contribution in [2.45, 2.75) is 44.6 Å². The van der Waals surface area contributed by atoms with Crippen LogP contribution in [0.4, 0.5) is 0 Å². The van der Waals surface area contributed by atoms with Crippen LogP contribution >= 0.6 is 0 Å². The molecule has 1 saturated heterocycles. The van der Waals surface area contributed by atoms with Crippen LogP contribution in [0.1, 0.15) is 59.0 Å². The van der Waals surface area contributed by atoms with E-state index >= 15 is 0 Å². The molecule has 5 heteroatoms. The summed E-state index contributed by atoms with van der Waals surface area (Å²) in [6.45, 7) is 0.750. The van der Waals surface area contributed by atoms with E-state index in [1.165, 1.54) is 5.56 Å². The third-order valence-corrected chi connectivity index (χ3v) is 5.23. The molecule has 4 rings (SSSR count). The Morgan fingerprint density at radius 3 is 2.96 bits per heavy atom. The molecule has 1 amide bonds. The Hall–Kier alpha value is -2.43. The third-order valence-electron chi connectivity index (χ3n) is 5.23. The van der Waals surface area contributed by atoms with E-state index in [9.17, 15) is 4.79 Å². The Bertz CT molecular complexity index is 776. The summed E-state index contributed by atoms with van der Waals surface area (Å²) in [5.74, 6) is 0.463. The maximum atomic E-state index is 13.3. The van der Waals surface area contributed by atoms with Crippen molar-refractivity contribution in [3.63, 3.8) is 0 Å². The quantitative estimate of drug-likeness (QED) is 0.862. The average molecular weight is 337 g/mol. The van der Waals surface area contributed by atoms with Crippen LogP contribution in [0, 0.1) is 0 Å². The van der Waals surface area contributed by atoms with Crippen molar-refractivity contribution < 1.29 is 9.53 Å².